The van der Waals surface area contributed by atoms with Gasteiger partial charge in [0, 0.05) is 6.04 Å². The Morgan fingerprint density at radius 2 is 2.07 bits per heavy atom. The maximum absolute atomic E-state index is 4.30. The van der Waals surface area contributed by atoms with Crippen molar-refractivity contribution in [2.75, 3.05) is 5.32 Å². The summed E-state index contributed by atoms with van der Waals surface area (Å²) < 4.78 is 0.941. The lowest BCUT2D eigenvalue weighted by Gasteiger charge is -2.23. The zero-order valence-electron chi connectivity index (χ0n) is 9.09. The van der Waals surface area contributed by atoms with E-state index in [2.05, 4.69) is 39.2 Å². The molecule has 2 nitrogen and oxygen atoms in total. The number of nitrogens with one attached hydrogen (secondary N) is 1. The molecule has 1 aromatic rings. The van der Waals surface area contributed by atoms with E-state index >= 15 is 0 Å². The first-order valence-corrected chi connectivity index (χ1v) is 6.43. The molecule has 0 aliphatic heterocycles. The van der Waals surface area contributed by atoms with E-state index in [0.717, 1.165) is 10.3 Å². The monoisotopic (exact) mass is 268 g/mol. The molecule has 0 bridgehead atoms. The summed E-state index contributed by atoms with van der Waals surface area (Å²) in [5.41, 5.74) is 2.35. The van der Waals surface area contributed by atoms with Crippen molar-refractivity contribution in [2.45, 2.75) is 45.1 Å². The van der Waals surface area contributed by atoms with E-state index in [1.54, 1.807) is 0 Å². The van der Waals surface area contributed by atoms with E-state index in [-0.39, 0.29) is 0 Å². The standard InChI is InChI=1S/C12H17BrN2/c1-9-7-11(8-14-12(9)13)15-10-5-3-2-4-6-10/h7-8,10,15H,2-6H2,1H3. The van der Waals surface area contributed by atoms with Crippen molar-refractivity contribution in [1.29, 1.82) is 0 Å². The summed E-state index contributed by atoms with van der Waals surface area (Å²) in [5.74, 6) is 0. The lowest BCUT2D eigenvalue weighted by atomic mass is 9.95. The number of hydrogen-bond donors (Lipinski definition) is 1. The summed E-state index contributed by atoms with van der Waals surface area (Å²) in [6.45, 7) is 2.07. The first-order chi connectivity index (χ1) is 7.25. The van der Waals surface area contributed by atoms with Gasteiger partial charge in [0.15, 0.2) is 0 Å². The Morgan fingerprint density at radius 3 is 2.73 bits per heavy atom. The number of halogens is 1. The predicted octanol–water partition coefficient (Wildman–Crippen LogP) is 3.90. The highest BCUT2D eigenvalue weighted by Gasteiger charge is 2.13. The van der Waals surface area contributed by atoms with Crippen molar-refractivity contribution in [1.82, 2.24) is 4.98 Å². The molecule has 0 radical (unpaired) electrons. The second-order valence-electron chi connectivity index (χ2n) is 4.31. The Balaban J connectivity index is 2.00. The van der Waals surface area contributed by atoms with E-state index in [1.807, 2.05) is 6.20 Å². The third kappa shape index (κ3) is 2.94. The lowest BCUT2D eigenvalue weighted by molar-refractivity contribution is 0.462. The fraction of sp³-hybridized carbons (Fsp3) is 0.583. The fourth-order valence-corrected chi connectivity index (χ4v) is 2.34. The van der Waals surface area contributed by atoms with Crippen LogP contribution in [0.4, 0.5) is 5.69 Å². The maximum atomic E-state index is 4.30. The molecule has 0 aromatic carbocycles. The van der Waals surface area contributed by atoms with Crippen LogP contribution in [-0.2, 0) is 0 Å². The zero-order chi connectivity index (χ0) is 10.7. The van der Waals surface area contributed by atoms with Crippen molar-refractivity contribution in [3.05, 3.63) is 22.4 Å². The summed E-state index contributed by atoms with van der Waals surface area (Å²) in [4.78, 5) is 4.30. The summed E-state index contributed by atoms with van der Waals surface area (Å²) in [5, 5.41) is 3.57. The van der Waals surface area contributed by atoms with Crippen LogP contribution in [0.2, 0.25) is 0 Å². The highest BCUT2D eigenvalue weighted by molar-refractivity contribution is 9.10. The van der Waals surface area contributed by atoms with Gasteiger partial charge in [0.05, 0.1) is 11.9 Å². The number of nitrogens with zero attached hydrogens (tertiary/aromatic N) is 1. The molecule has 1 N–H and O–H groups in total. The molecule has 0 spiro atoms. The molecule has 3 heteroatoms. The molecule has 0 atom stereocenters. The average Bonchev–Trinajstić information content (AvgIpc) is 2.25. The van der Waals surface area contributed by atoms with Gasteiger partial charge >= 0.3 is 0 Å². The number of hydrogen-bond acceptors (Lipinski definition) is 2. The van der Waals surface area contributed by atoms with Crippen LogP contribution < -0.4 is 5.32 Å². The second-order valence-corrected chi connectivity index (χ2v) is 5.06. The van der Waals surface area contributed by atoms with E-state index < -0.39 is 0 Å². The van der Waals surface area contributed by atoms with E-state index in [4.69, 9.17) is 0 Å². The molecule has 82 valence electrons. The van der Waals surface area contributed by atoms with E-state index in [9.17, 15) is 0 Å². The molecule has 0 unspecified atom stereocenters. The number of rotatable bonds is 2. The fourth-order valence-electron chi connectivity index (χ4n) is 2.12. The maximum Gasteiger partial charge on any atom is 0.109 e. The molecule has 1 heterocycles. The molecule has 2 rings (SSSR count). The second kappa shape index (κ2) is 4.97. The molecule has 1 aromatic heterocycles. The zero-order valence-corrected chi connectivity index (χ0v) is 10.7. The highest BCUT2D eigenvalue weighted by Crippen LogP contribution is 2.23. The van der Waals surface area contributed by atoms with Gasteiger partial charge in [-0.2, -0.15) is 0 Å². The highest BCUT2D eigenvalue weighted by atomic mass is 79.9. The smallest absolute Gasteiger partial charge is 0.109 e. The summed E-state index contributed by atoms with van der Waals surface area (Å²) in [7, 11) is 0. The van der Waals surface area contributed by atoms with Crippen molar-refractivity contribution in [2.24, 2.45) is 0 Å². The summed E-state index contributed by atoms with van der Waals surface area (Å²) in [6, 6.07) is 2.81. The number of pyridine rings is 1. The van der Waals surface area contributed by atoms with Crippen LogP contribution in [0.5, 0.6) is 0 Å². The molecule has 1 fully saturated rings. The summed E-state index contributed by atoms with van der Waals surface area (Å²) in [6.07, 6.45) is 8.63. The molecule has 0 saturated heterocycles. The Morgan fingerprint density at radius 1 is 1.33 bits per heavy atom. The largest absolute Gasteiger partial charge is 0.381 e. The Kier molecular flexibility index (Phi) is 3.62. The normalized spacial score (nSPS) is 17.7. The van der Waals surface area contributed by atoms with Gasteiger partial charge in [-0.15, -0.1) is 0 Å². The Bertz CT molecular complexity index is 332. The van der Waals surface area contributed by atoms with Crippen LogP contribution in [0.3, 0.4) is 0 Å². The molecule has 1 aliphatic carbocycles. The lowest BCUT2D eigenvalue weighted by Crippen LogP contribution is -2.22. The molecule has 0 amide bonds. The SMILES string of the molecule is Cc1cc(NC2CCCCC2)cnc1Br. The summed E-state index contributed by atoms with van der Waals surface area (Å²) >= 11 is 3.42. The van der Waals surface area contributed by atoms with Gasteiger partial charge in [-0.05, 0) is 47.3 Å². The minimum atomic E-state index is 0.654. The van der Waals surface area contributed by atoms with Crippen molar-refractivity contribution in [3.63, 3.8) is 0 Å². The van der Waals surface area contributed by atoms with Gasteiger partial charge < -0.3 is 5.32 Å². The number of aryl methyl sites for hydroxylation is 1. The van der Waals surface area contributed by atoms with Gasteiger partial charge in [-0.1, -0.05) is 19.3 Å². The number of anilines is 1. The van der Waals surface area contributed by atoms with Crippen molar-refractivity contribution in [3.8, 4) is 0 Å². The molecular formula is C12H17BrN2. The van der Waals surface area contributed by atoms with Crippen LogP contribution >= 0.6 is 15.9 Å². The topological polar surface area (TPSA) is 24.9 Å². The third-order valence-corrected chi connectivity index (χ3v) is 3.82. The van der Waals surface area contributed by atoms with Gasteiger partial charge in [-0.25, -0.2) is 4.98 Å². The van der Waals surface area contributed by atoms with Crippen LogP contribution in [0.25, 0.3) is 0 Å². The van der Waals surface area contributed by atoms with Crippen molar-refractivity contribution < 1.29 is 0 Å². The third-order valence-electron chi connectivity index (χ3n) is 2.99. The van der Waals surface area contributed by atoms with E-state index in [1.165, 1.54) is 37.7 Å². The Labute approximate surface area is 99.6 Å². The molecular weight excluding hydrogens is 252 g/mol. The van der Waals surface area contributed by atoms with Gasteiger partial charge in [-0.3, -0.25) is 0 Å². The Hall–Kier alpha value is -0.570. The van der Waals surface area contributed by atoms with Crippen molar-refractivity contribution >= 4 is 21.6 Å². The van der Waals surface area contributed by atoms with Gasteiger partial charge in [0.1, 0.15) is 4.60 Å². The first-order valence-electron chi connectivity index (χ1n) is 5.64. The minimum Gasteiger partial charge on any atom is -0.381 e. The molecule has 1 aliphatic rings. The molecule has 15 heavy (non-hydrogen) atoms. The van der Waals surface area contributed by atoms with E-state index in [0.29, 0.717) is 6.04 Å². The van der Waals surface area contributed by atoms with Crippen LogP contribution in [-0.4, -0.2) is 11.0 Å². The van der Waals surface area contributed by atoms with Gasteiger partial charge in [0.25, 0.3) is 0 Å². The van der Waals surface area contributed by atoms with Crippen LogP contribution in [0, 0.1) is 6.92 Å². The minimum absolute atomic E-state index is 0.654. The molecule has 1 saturated carbocycles. The number of aromatic nitrogens is 1. The van der Waals surface area contributed by atoms with Gasteiger partial charge in [0.2, 0.25) is 0 Å². The first kappa shape index (κ1) is 10.9. The van der Waals surface area contributed by atoms with Crippen LogP contribution in [0.15, 0.2) is 16.9 Å². The quantitative estimate of drug-likeness (QED) is 0.824. The predicted molar refractivity (Wildman–Crippen MR) is 67.2 cm³/mol. The van der Waals surface area contributed by atoms with Crippen LogP contribution in [0.1, 0.15) is 37.7 Å². The average molecular weight is 269 g/mol.